The molecule has 0 aliphatic rings. The van der Waals surface area contributed by atoms with E-state index in [2.05, 4.69) is 26.1 Å². The maximum absolute atomic E-state index is 12.3. The van der Waals surface area contributed by atoms with Crippen LogP contribution in [0, 0.1) is 13.8 Å². The molecule has 0 unspecified atom stereocenters. The van der Waals surface area contributed by atoms with Crippen molar-refractivity contribution in [3.8, 4) is 0 Å². The number of aromatic nitrogens is 4. The zero-order chi connectivity index (χ0) is 13.4. The molecule has 0 atom stereocenters. The molecule has 96 valence electrons. The van der Waals surface area contributed by atoms with E-state index in [1.54, 1.807) is 22.6 Å². The molecule has 0 amide bonds. The first-order valence-electron chi connectivity index (χ1n) is 5.61. The Labute approximate surface area is 114 Å². The summed E-state index contributed by atoms with van der Waals surface area (Å²) < 4.78 is 4.12. The van der Waals surface area contributed by atoms with Crippen LogP contribution in [0.1, 0.15) is 27.4 Å². The van der Waals surface area contributed by atoms with Gasteiger partial charge in [0.05, 0.1) is 16.4 Å². The van der Waals surface area contributed by atoms with Crippen molar-refractivity contribution in [1.29, 1.82) is 0 Å². The highest BCUT2D eigenvalue weighted by molar-refractivity contribution is 9.10. The maximum atomic E-state index is 12.3. The third-order valence-electron chi connectivity index (χ3n) is 3.15. The van der Waals surface area contributed by atoms with E-state index in [0.717, 1.165) is 21.4 Å². The van der Waals surface area contributed by atoms with Gasteiger partial charge >= 0.3 is 0 Å². The molecule has 18 heavy (non-hydrogen) atoms. The van der Waals surface area contributed by atoms with Gasteiger partial charge in [0.15, 0.2) is 5.78 Å². The molecule has 0 aliphatic heterocycles. The molecule has 6 heteroatoms. The number of hydrogen-bond acceptors (Lipinski definition) is 3. The number of carbonyl (C=O) groups is 1. The summed E-state index contributed by atoms with van der Waals surface area (Å²) in [6, 6.07) is 0. The zero-order valence-corrected chi connectivity index (χ0v) is 12.4. The topological polar surface area (TPSA) is 52.7 Å². The second kappa shape index (κ2) is 4.68. The average molecular weight is 311 g/mol. The standard InChI is InChI=1S/C12H15BrN4O/c1-7-9(8(2)16(3)15-7)5-11(18)12-10(13)6-14-17(12)4/h6H,5H2,1-4H3. The van der Waals surface area contributed by atoms with E-state index in [9.17, 15) is 4.79 Å². The Kier molecular flexibility index (Phi) is 3.38. The van der Waals surface area contributed by atoms with Crippen molar-refractivity contribution < 1.29 is 4.79 Å². The lowest BCUT2D eigenvalue weighted by atomic mass is 10.1. The summed E-state index contributed by atoms with van der Waals surface area (Å²) in [4.78, 5) is 12.3. The van der Waals surface area contributed by atoms with E-state index in [1.807, 2.05) is 20.9 Å². The summed E-state index contributed by atoms with van der Waals surface area (Å²) in [7, 11) is 3.65. The Morgan fingerprint density at radius 3 is 2.44 bits per heavy atom. The van der Waals surface area contributed by atoms with Crippen LogP contribution in [0.5, 0.6) is 0 Å². The second-order valence-corrected chi connectivity index (χ2v) is 5.19. The van der Waals surface area contributed by atoms with Crippen LogP contribution < -0.4 is 0 Å². The van der Waals surface area contributed by atoms with Gasteiger partial charge in [-0.2, -0.15) is 10.2 Å². The Balaban J connectivity index is 2.33. The van der Waals surface area contributed by atoms with Gasteiger partial charge in [-0.05, 0) is 29.8 Å². The summed E-state index contributed by atoms with van der Waals surface area (Å²) in [6.07, 6.45) is 1.99. The van der Waals surface area contributed by atoms with Crippen molar-refractivity contribution in [2.24, 2.45) is 14.1 Å². The van der Waals surface area contributed by atoms with Crippen LogP contribution in [0.4, 0.5) is 0 Å². The first-order valence-corrected chi connectivity index (χ1v) is 6.41. The van der Waals surface area contributed by atoms with Crippen molar-refractivity contribution in [3.05, 3.63) is 33.3 Å². The fraction of sp³-hybridized carbons (Fsp3) is 0.417. The predicted octanol–water partition coefficient (Wildman–Crippen LogP) is 1.96. The Bertz CT molecular complexity index is 592. The Morgan fingerprint density at radius 1 is 1.33 bits per heavy atom. The summed E-state index contributed by atoms with van der Waals surface area (Å²) in [5.41, 5.74) is 3.52. The van der Waals surface area contributed by atoms with Gasteiger partial charge in [0.1, 0.15) is 5.69 Å². The van der Waals surface area contributed by atoms with Gasteiger partial charge in [-0.3, -0.25) is 14.2 Å². The molecule has 0 saturated heterocycles. The highest BCUT2D eigenvalue weighted by Gasteiger charge is 2.19. The molecule has 0 radical (unpaired) electrons. The van der Waals surface area contributed by atoms with Crippen LogP contribution in [0.2, 0.25) is 0 Å². The minimum Gasteiger partial charge on any atom is -0.292 e. The largest absolute Gasteiger partial charge is 0.292 e. The van der Waals surface area contributed by atoms with Crippen molar-refractivity contribution in [2.45, 2.75) is 20.3 Å². The Hall–Kier alpha value is -1.43. The van der Waals surface area contributed by atoms with E-state index in [1.165, 1.54) is 0 Å². The van der Waals surface area contributed by atoms with Crippen LogP contribution in [-0.2, 0) is 20.5 Å². The van der Waals surface area contributed by atoms with Crippen LogP contribution >= 0.6 is 15.9 Å². The number of ketones is 1. The maximum Gasteiger partial charge on any atom is 0.186 e. The molecule has 0 aromatic carbocycles. The van der Waals surface area contributed by atoms with Crippen molar-refractivity contribution in [1.82, 2.24) is 19.6 Å². The third-order valence-corrected chi connectivity index (χ3v) is 3.73. The summed E-state index contributed by atoms with van der Waals surface area (Å²) >= 11 is 3.35. The molecule has 2 heterocycles. The first-order chi connectivity index (χ1) is 8.41. The number of hydrogen-bond donors (Lipinski definition) is 0. The lowest BCUT2D eigenvalue weighted by Crippen LogP contribution is -2.11. The number of Topliss-reactive ketones (excluding diaryl/α,β-unsaturated/α-hetero) is 1. The van der Waals surface area contributed by atoms with Crippen molar-refractivity contribution >= 4 is 21.7 Å². The lowest BCUT2D eigenvalue weighted by Gasteiger charge is -2.03. The molecule has 0 aliphatic carbocycles. The van der Waals surface area contributed by atoms with Crippen LogP contribution in [0.15, 0.2) is 10.7 Å². The fourth-order valence-electron chi connectivity index (χ4n) is 2.04. The Morgan fingerprint density at radius 2 is 2.00 bits per heavy atom. The van der Waals surface area contributed by atoms with E-state index >= 15 is 0 Å². The molecular weight excluding hydrogens is 296 g/mol. The van der Waals surface area contributed by atoms with E-state index in [-0.39, 0.29) is 5.78 Å². The quantitative estimate of drug-likeness (QED) is 0.814. The average Bonchev–Trinajstić information content (AvgIpc) is 2.74. The number of halogens is 1. The molecule has 5 nitrogen and oxygen atoms in total. The normalized spacial score (nSPS) is 10.9. The van der Waals surface area contributed by atoms with E-state index < -0.39 is 0 Å². The third kappa shape index (κ3) is 2.12. The minimum atomic E-state index is 0.0427. The molecule has 0 fully saturated rings. The predicted molar refractivity (Wildman–Crippen MR) is 71.6 cm³/mol. The second-order valence-electron chi connectivity index (χ2n) is 4.34. The SMILES string of the molecule is Cc1nn(C)c(C)c1CC(=O)c1c(Br)cnn1C. The highest BCUT2D eigenvalue weighted by atomic mass is 79.9. The molecule has 0 saturated carbocycles. The van der Waals surface area contributed by atoms with Crippen LogP contribution in [0.25, 0.3) is 0 Å². The van der Waals surface area contributed by atoms with E-state index in [0.29, 0.717) is 12.1 Å². The van der Waals surface area contributed by atoms with Gasteiger partial charge in [-0.1, -0.05) is 0 Å². The lowest BCUT2D eigenvalue weighted by molar-refractivity contribution is 0.0983. The zero-order valence-electron chi connectivity index (χ0n) is 10.9. The van der Waals surface area contributed by atoms with Gasteiger partial charge < -0.3 is 0 Å². The number of aryl methyl sites for hydroxylation is 3. The fourth-order valence-corrected chi connectivity index (χ4v) is 2.61. The van der Waals surface area contributed by atoms with Gasteiger partial charge in [-0.15, -0.1) is 0 Å². The molecule has 0 spiro atoms. The summed E-state index contributed by atoms with van der Waals surface area (Å²) in [6.45, 7) is 3.90. The summed E-state index contributed by atoms with van der Waals surface area (Å²) in [5, 5.41) is 8.38. The van der Waals surface area contributed by atoms with Gasteiger partial charge in [0, 0.05) is 31.8 Å². The molecule has 2 aromatic rings. The number of nitrogens with zero attached hydrogens (tertiary/aromatic N) is 4. The van der Waals surface area contributed by atoms with Crippen LogP contribution in [-0.4, -0.2) is 25.3 Å². The number of rotatable bonds is 3. The van der Waals surface area contributed by atoms with Crippen molar-refractivity contribution in [2.75, 3.05) is 0 Å². The molecule has 2 rings (SSSR count). The van der Waals surface area contributed by atoms with E-state index in [4.69, 9.17) is 0 Å². The van der Waals surface area contributed by atoms with Gasteiger partial charge in [0.2, 0.25) is 0 Å². The first kappa shape index (κ1) is 13.0. The molecule has 0 bridgehead atoms. The summed E-state index contributed by atoms with van der Waals surface area (Å²) in [5.74, 6) is 0.0427. The van der Waals surface area contributed by atoms with Gasteiger partial charge in [-0.25, -0.2) is 0 Å². The number of carbonyl (C=O) groups excluding carboxylic acids is 1. The van der Waals surface area contributed by atoms with Crippen molar-refractivity contribution in [3.63, 3.8) is 0 Å². The highest BCUT2D eigenvalue weighted by Crippen LogP contribution is 2.20. The minimum absolute atomic E-state index is 0.0427. The van der Waals surface area contributed by atoms with Gasteiger partial charge in [0.25, 0.3) is 0 Å². The molecule has 2 aromatic heterocycles. The molecular formula is C12H15BrN4O. The van der Waals surface area contributed by atoms with Crippen LogP contribution in [0.3, 0.4) is 0 Å². The smallest absolute Gasteiger partial charge is 0.186 e. The monoisotopic (exact) mass is 310 g/mol. The molecule has 0 N–H and O–H groups in total.